The first-order valence-electron chi connectivity index (χ1n) is 8.31. The van der Waals surface area contributed by atoms with Gasteiger partial charge in [-0.3, -0.25) is 4.79 Å². The van der Waals surface area contributed by atoms with E-state index >= 15 is 0 Å². The van der Waals surface area contributed by atoms with Crippen molar-refractivity contribution in [2.24, 2.45) is 0 Å². The van der Waals surface area contributed by atoms with Crippen LogP contribution in [0.5, 0.6) is 0 Å². The molecule has 0 saturated carbocycles. The number of fused-ring (bicyclic) bond motifs is 1. The van der Waals surface area contributed by atoms with E-state index in [1.807, 2.05) is 80.6 Å². The summed E-state index contributed by atoms with van der Waals surface area (Å²) in [6.45, 7) is 7.71. The van der Waals surface area contributed by atoms with E-state index in [4.69, 9.17) is 11.6 Å². The van der Waals surface area contributed by atoms with E-state index in [9.17, 15) is 4.79 Å². The standard InChI is InChI=1S/C23H21ClO/c1-4-5-11-18(16-24)23(17-12-7-6-8-13-17)20-15-10-9-14-19(20)22(2,3)21(23)25/h4-16H,1H2,2-3H3/b11-5-,18-16+. The number of rotatable bonds is 4. The molecular formula is C23H21ClO. The van der Waals surface area contributed by atoms with Crippen LogP contribution in [-0.4, -0.2) is 5.78 Å². The van der Waals surface area contributed by atoms with Crippen LogP contribution in [0.3, 0.4) is 0 Å². The molecule has 1 atom stereocenters. The highest BCUT2D eigenvalue weighted by Crippen LogP contribution is 2.54. The third-order valence-corrected chi connectivity index (χ3v) is 5.32. The Hall–Kier alpha value is -2.38. The summed E-state index contributed by atoms with van der Waals surface area (Å²) in [7, 11) is 0. The molecule has 0 spiro atoms. The van der Waals surface area contributed by atoms with Crippen molar-refractivity contribution >= 4 is 17.4 Å². The Kier molecular flexibility index (Phi) is 4.53. The number of Topliss-reactive ketones (excluding diaryl/α,β-unsaturated/α-hetero) is 1. The molecule has 0 aromatic heterocycles. The molecule has 25 heavy (non-hydrogen) atoms. The van der Waals surface area contributed by atoms with Crippen molar-refractivity contribution in [1.82, 2.24) is 0 Å². The maximum Gasteiger partial charge on any atom is 0.162 e. The minimum absolute atomic E-state index is 0.132. The van der Waals surface area contributed by atoms with Crippen molar-refractivity contribution in [3.63, 3.8) is 0 Å². The lowest BCUT2D eigenvalue weighted by atomic mass is 9.67. The van der Waals surface area contributed by atoms with Gasteiger partial charge in [-0.2, -0.15) is 0 Å². The largest absolute Gasteiger partial charge is 0.297 e. The van der Waals surface area contributed by atoms with Crippen LogP contribution in [0.2, 0.25) is 0 Å². The third kappa shape index (κ3) is 2.42. The maximum atomic E-state index is 13.8. The molecule has 2 aromatic rings. The fourth-order valence-corrected chi connectivity index (χ4v) is 4.15. The molecule has 1 aliphatic rings. The molecule has 1 nitrogen and oxygen atoms in total. The van der Waals surface area contributed by atoms with Gasteiger partial charge in [0.05, 0.1) is 5.41 Å². The number of allylic oxidation sites excluding steroid dienone is 4. The Morgan fingerprint density at radius 2 is 1.60 bits per heavy atom. The Labute approximate surface area is 154 Å². The summed E-state index contributed by atoms with van der Waals surface area (Å²) in [5.74, 6) is 0.132. The van der Waals surface area contributed by atoms with Crippen LogP contribution in [0, 0.1) is 0 Å². The van der Waals surface area contributed by atoms with Gasteiger partial charge >= 0.3 is 0 Å². The highest BCUT2D eigenvalue weighted by Gasteiger charge is 2.57. The van der Waals surface area contributed by atoms with Crippen LogP contribution in [0.1, 0.15) is 30.5 Å². The van der Waals surface area contributed by atoms with Crippen LogP contribution in [0.4, 0.5) is 0 Å². The lowest BCUT2D eigenvalue weighted by molar-refractivity contribution is -0.125. The van der Waals surface area contributed by atoms with Crippen molar-refractivity contribution in [3.05, 3.63) is 107 Å². The number of hydrogen-bond acceptors (Lipinski definition) is 1. The zero-order valence-corrected chi connectivity index (χ0v) is 15.3. The van der Waals surface area contributed by atoms with Crippen LogP contribution in [-0.2, 0) is 15.6 Å². The molecule has 0 radical (unpaired) electrons. The van der Waals surface area contributed by atoms with Crippen molar-refractivity contribution in [1.29, 1.82) is 0 Å². The van der Waals surface area contributed by atoms with Crippen LogP contribution in [0.15, 0.2) is 90.5 Å². The van der Waals surface area contributed by atoms with Crippen molar-refractivity contribution < 1.29 is 4.79 Å². The van der Waals surface area contributed by atoms with E-state index in [0.29, 0.717) is 0 Å². The second-order valence-corrected chi connectivity index (χ2v) is 6.99. The van der Waals surface area contributed by atoms with E-state index in [1.54, 1.807) is 6.08 Å². The Balaban J connectivity index is 2.44. The Morgan fingerprint density at radius 1 is 1.00 bits per heavy atom. The number of ketones is 1. The lowest BCUT2D eigenvalue weighted by Crippen LogP contribution is -2.40. The summed E-state index contributed by atoms with van der Waals surface area (Å²) < 4.78 is 0. The zero-order chi connectivity index (χ0) is 18.1. The van der Waals surface area contributed by atoms with Gasteiger partial charge in [0.15, 0.2) is 5.78 Å². The number of carbonyl (C=O) groups excluding carboxylic acids is 1. The molecule has 0 bridgehead atoms. The van der Waals surface area contributed by atoms with Gasteiger partial charge in [0, 0.05) is 5.54 Å². The van der Waals surface area contributed by atoms with Crippen LogP contribution < -0.4 is 0 Å². The highest BCUT2D eigenvalue weighted by atomic mass is 35.5. The average Bonchev–Trinajstić information content (AvgIpc) is 2.82. The molecule has 2 aromatic carbocycles. The molecule has 2 heteroatoms. The van der Waals surface area contributed by atoms with E-state index in [0.717, 1.165) is 22.3 Å². The van der Waals surface area contributed by atoms with Crippen molar-refractivity contribution in [3.8, 4) is 0 Å². The molecule has 0 N–H and O–H groups in total. The Morgan fingerprint density at radius 3 is 2.20 bits per heavy atom. The summed E-state index contributed by atoms with van der Waals surface area (Å²) in [6, 6.07) is 17.9. The Bertz CT molecular complexity index is 874. The number of benzene rings is 2. The molecule has 1 aliphatic carbocycles. The molecule has 126 valence electrons. The van der Waals surface area contributed by atoms with Crippen molar-refractivity contribution in [2.45, 2.75) is 24.7 Å². The van der Waals surface area contributed by atoms with E-state index in [2.05, 4.69) is 6.58 Å². The van der Waals surface area contributed by atoms with Gasteiger partial charge in [-0.15, -0.1) is 0 Å². The van der Waals surface area contributed by atoms with Gasteiger partial charge in [0.25, 0.3) is 0 Å². The summed E-state index contributed by atoms with van der Waals surface area (Å²) in [5.41, 5.74) is 3.73. The second kappa shape index (κ2) is 6.50. The fraction of sp³-hybridized carbons (Fsp3) is 0.174. The molecule has 0 heterocycles. The fourth-order valence-electron chi connectivity index (χ4n) is 3.91. The van der Waals surface area contributed by atoms with Gasteiger partial charge < -0.3 is 0 Å². The SMILES string of the molecule is C=C/C=C\C(=C/Cl)C1(c2ccccc2)C(=O)C(C)(C)c2ccccc21. The molecule has 0 amide bonds. The number of carbonyl (C=O) groups is 1. The van der Waals surface area contributed by atoms with E-state index in [-0.39, 0.29) is 5.78 Å². The monoisotopic (exact) mass is 348 g/mol. The molecule has 0 aliphatic heterocycles. The first-order chi connectivity index (χ1) is 12.0. The maximum absolute atomic E-state index is 13.8. The predicted molar refractivity (Wildman–Crippen MR) is 105 cm³/mol. The van der Waals surface area contributed by atoms with E-state index < -0.39 is 10.8 Å². The van der Waals surface area contributed by atoms with Crippen molar-refractivity contribution in [2.75, 3.05) is 0 Å². The molecular weight excluding hydrogens is 328 g/mol. The van der Waals surface area contributed by atoms with Gasteiger partial charge in [0.2, 0.25) is 0 Å². The first-order valence-corrected chi connectivity index (χ1v) is 8.75. The van der Waals surface area contributed by atoms with Gasteiger partial charge in [-0.05, 0) is 36.1 Å². The molecule has 1 unspecified atom stereocenters. The highest BCUT2D eigenvalue weighted by molar-refractivity contribution is 6.26. The quantitative estimate of drug-likeness (QED) is 0.648. The number of hydrogen-bond donors (Lipinski definition) is 0. The summed E-state index contributed by atoms with van der Waals surface area (Å²) in [6.07, 6.45) is 5.39. The number of halogens is 1. The zero-order valence-electron chi connectivity index (χ0n) is 14.5. The lowest BCUT2D eigenvalue weighted by Gasteiger charge is -2.32. The van der Waals surface area contributed by atoms with Crippen LogP contribution >= 0.6 is 11.6 Å². The minimum Gasteiger partial charge on any atom is -0.297 e. The van der Waals surface area contributed by atoms with Crippen LogP contribution in [0.25, 0.3) is 0 Å². The van der Waals surface area contributed by atoms with Gasteiger partial charge in [-0.1, -0.05) is 91.0 Å². The minimum atomic E-state index is -0.914. The smallest absolute Gasteiger partial charge is 0.162 e. The summed E-state index contributed by atoms with van der Waals surface area (Å²) in [4.78, 5) is 13.8. The van der Waals surface area contributed by atoms with Gasteiger partial charge in [-0.25, -0.2) is 0 Å². The first kappa shape index (κ1) is 17.4. The topological polar surface area (TPSA) is 17.1 Å². The predicted octanol–water partition coefficient (Wildman–Crippen LogP) is 5.70. The molecule has 0 saturated heterocycles. The molecule has 0 fully saturated rings. The van der Waals surface area contributed by atoms with Gasteiger partial charge in [0.1, 0.15) is 5.41 Å². The average molecular weight is 349 g/mol. The summed E-state index contributed by atoms with van der Waals surface area (Å²) >= 11 is 6.25. The molecule has 3 rings (SSSR count). The second-order valence-electron chi connectivity index (χ2n) is 6.78. The van der Waals surface area contributed by atoms with E-state index in [1.165, 1.54) is 5.54 Å². The normalized spacial score (nSPS) is 22.2. The summed E-state index contributed by atoms with van der Waals surface area (Å²) in [5, 5.41) is 0. The third-order valence-electron chi connectivity index (χ3n) is 5.08.